The lowest BCUT2D eigenvalue weighted by molar-refractivity contribution is 0.0694. The average molecular weight is 419 g/mol. The van der Waals surface area contributed by atoms with Gasteiger partial charge in [-0.25, -0.2) is 13.6 Å². The quantitative estimate of drug-likeness (QED) is 0.772. The van der Waals surface area contributed by atoms with E-state index < -0.39 is 35.0 Å². The first-order valence-electron chi connectivity index (χ1n) is 10.1. The maximum Gasteiger partial charge on any atom is 0.341 e. The van der Waals surface area contributed by atoms with Crippen LogP contribution in [-0.2, 0) is 0 Å². The summed E-state index contributed by atoms with van der Waals surface area (Å²) in [6.45, 7) is 1.03. The maximum atomic E-state index is 15.3. The summed E-state index contributed by atoms with van der Waals surface area (Å²) in [5, 5.41) is 9.27. The molecule has 2 aromatic rings. The van der Waals surface area contributed by atoms with E-state index in [2.05, 4.69) is 0 Å². The molecular weight excluding hydrogens is 396 g/mol. The van der Waals surface area contributed by atoms with E-state index in [4.69, 9.17) is 10.5 Å². The average Bonchev–Trinajstić information content (AvgIpc) is 3.62. The van der Waals surface area contributed by atoms with E-state index in [1.165, 1.54) is 11.7 Å². The Morgan fingerprint density at radius 1 is 1.33 bits per heavy atom. The summed E-state index contributed by atoms with van der Waals surface area (Å²) >= 11 is 0. The number of carboxylic acids is 1. The van der Waals surface area contributed by atoms with E-state index >= 15 is 4.39 Å². The molecule has 2 heterocycles. The number of carbonyl (C=O) groups is 1. The van der Waals surface area contributed by atoms with Crippen molar-refractivity contribution in [1.82, 2.24) is 4.57 Å². The van der Waals surface area contributed by atoms with Crippen molar-refractivity contribution in [2.45, 2.75) is 37.5 Å². The SMILES string of the molecule is COc1c(N2C[C@@H](N)[C@@H](C3CC3)C2)c(F)cc2c(=O)c(C(=O)O)cn([C@@H]3C[C@@H]3F)c12. The fourth-order valence-corrected chi connectivity index (χ4v) is 4.84. The molecule has 5 rings (SSSR count). The second-order valence-electron chi connectivity index (χ2n) is 8.61. The van der Waals surface area contributed by atoms with Gasteiger partial charge in [-0.2, -0.15) is 0 Å². The number of anilines is 1. The Hall–Kier alpha value is -2.68. The van der Waals surface area contributed by atoms with Crippen LogP contribution in [-0.4, -0.2) is 48.1 Å². The Kier molecular flexibility index (Phi) is 4.29. The van der Waals surface area contributed by atoms with Crippen LogP contribution in [0.1, 0.15) is 35.7 Å². The minimum Gasteiger partial charge on any atom is -0.492 e. The number of nitrogens with two attached hydrogens (primary N) is 1. The number of hydrogen-bond acceptors (Lipinski definition) is 5. The number of methoxy groups -OCH3 is 1. The lowest BCUT2D eigenvalue weighted by Crippen LogP contribution is -2.30. The van der Waals surface area contributed by atoms with Crippen LogP contribution in [0.3, 0.4) is 0 Å². The molecule has 30 heavy (non-hydrogen) atoms. The van der Waals surface area contributed by atoms with E-state index in [0.29, 0.717) is 19.0 Å². The molecule has 2 saturated carbocycles. The Bertz CT molecular complexity index is 1110. The number of nitrogens with zero attached hydrogens (tertiary/aromatic N) is 2. The largest absolute Gasteiger partial charge is 0.492 e. The van der Waals surface area contributed by atoms with Crippen molar-refractivity contribution in [3.8, 4) is 5.75 Å². The fourth-order valence-electron chi connectivity index (χ4n) is 4.84. The number of aromatic nitrogens is 1. The predicted molar refractivity (Wildman–Crippen MR) is 107 cm³/mol. The number of rotatable bonds is 5. The summed E-state index contributed by atoms with van der Waals surface area (Å²) in [5.74, 6) is -1.19. The van der Waals surface area contributed by atoms with E-state index in [1.807, 2.05) is 4.90 Å². The maximum absolute atomic E-state index is 15.3. The summed E-state index contributed by atoms with van der Waals surface area (Å²) < 4.78 is 36.2. The number of carboxylic acid groups (broad SMARTS) is 1. The molecule has 1 saturated heterocycles. The molecule has 160 valence electrons. The van der Waals surface area contributed by atoms with Gasteiger partial charge in [-0.05, 0) is 30.7 Å². The normalized spacial score (nSPS) is 28.2. The molecule has 3 fully saturated rings. The van der Waals surface area contributed by atoms with Gasteiger partial charge in [0.2, 0.25) is 5.43 Å². The number of alkyl halides is 1. The van der Waals surface area contributed by atoms with Crippen LogP contribution in [0.2, 0.25) is 0 Å². The van der Waals surface area contributed by atoms with Gasteiger partial charge in [-0.3, -0.25) is 4.79 Å². The Labute approximate surface area is 171 Å². The summed E-state index contributed by atoms with van der Waals surface area (Å²) in [7, 11) is 1.37. The summed E-state index contributed by atoms with van der Waals surface area (Å²) in [4.78, 5) is 26.1. The molecule has 1 aliphatic heterocycles. The van der Waals surface area contributed by atoms with Crippen molar-refractivity contribution in [2.24, 2.45) is 17.6 Å². The zero-order valence-electron chi connectivity index (χ0n) is 16.5. The molecule has 0 spiro atoms. The molecule has 3 N–H and O–H groups in total. The highest BCUT2D eigenvalue weighted by atomic mass is 19.1. The number of pyridine rings is 1. The zero-order valence-corrected chi connectivity index (χ0v) is 16.5. The van der Waals surface area contributed by atoms with Crippen molar-refractivity contribution in [3.05, 3.63) is 33.9 Å². The summed E-state index contributed by atoms with van der Waals surface area (Å²) in [6.07, 6.45) is 2.44. The summed E-state index contributed by atoms with van der Waals surface area (Å²) in [6, 6.07) is 0.343. The molecule has 0 amide bonds. The Morgan fingerprint density at radius 3 is 2.60 bits per heavy atom. The molecule has 1 aromatic heterocycles. The van der Waals surface area contributed by atoms with Crippen LogP contribution in [0, 0.1) is 17.7 Å². The topological polar surface area (TPSA) is 97.8 Å². The van der Waals surface area contributed by atoms with Gasteiger partial charge in [0, 0.05) is 31.7 Å². The van der Waals surface area contributed by atoms with Crippen molar-refractivity contribution >= 4 is 22.6 Å². The van der Waals surface area contributed by atoms with Gasteiger partial charge in [0.05, 0.1) is 24.1 Å². The predicted octanol–water partition coefficient (Wildman–Crippen LogP) is 2.30. The van der Waals surface area contributed by atoms with E-state index in [0.717, 1.165) is 25.1 Å². The van der Waals surface area contributed by atoms with Crippen LogP contribution in [0.4, 0.5) is 14.5 Å². The van der Waals surface area contributed by atoms with E-state index in [9.17, 15) is 19.1 Å². The number of fused-ring (bicyclic) bond motifs is 1. The molecule has 7 nitrogen and oxygen atoms in total. The second kappa shape index (κ2) is 6.66. The lowest BCUT2D eigenvalue weighted by atomic mass is 9.99. The van der Waals surface area contributed by atoms with Crippen LogP contribution in [0.15, 0.2) is 17.1 Å². The Morgan fingerprint density at radius 2 is 2.03 bits per heavy atom. The van der Waals surface area contributed by atoms with Crippen LogP contribution in [0.25, 0.3) is 10.9 Å². The van der Waals surface area contributed by atoms with E-state index in [1.54, 1.807) is 0 Å². The number of benzene rings is 1. The van der Waals surface area contributed by atoms with Gasteiger partial charge in [0.15, 0.2) is 11.6 Å². The smallest absolute Gasteiger partial charge is 0.341 e. The van der Waals surface area contributed by atoms with Crippen molar-refractivity contribution in [3.63, 3.8) is 0 Å². The van der Waals surface area contributed by atoms with E-state index in [-0.39, 0.29) is 40.7 Å². The van der Waals surface area contributed by atoms with Crippen molar-refractivity contribution in [2.75, 3.05) is 25.1 Å². The standard InChI is InChI=1S/C21H23F2N3O4/c1-30-20-17-10(19(27)12(21(28)29)7-26(17)16-5-13(16)22)4-14(23)18(20)25-6-11(9-2-3-9)15(24)8-25/h4,7,9,11,13,15-16H,2-3,5-6,8,24H2,1H3,(H,28,29)/t11-,13+,15-,16-/m1/s1. The second-order valence-corrected chi connectivity index (χ2v) is 8.61. The lowest BCUT2D eigenvalue weighted by Gasteiger charge is -2.24. The van der Waals surface area contributed by atoms with Gasteiger partial charge in [-0.1, -0.05) is 0 Å². The molecule has 4 atom stereocenters. The highest BCUT2D eigenvalue weighted by Crippen LogP contribution is 2.47. The molecule has 0 unspecified atom stereocenters. The van der Waals surface area contributed by atoms with Crippen molar-refractivity contribution in [1.29, 1.82) is 0 Å². The van der Waals surface area contributed by atoms with Gasteiger partial charge in [0.1, 0.15) is 17.4 Å². The molecule has 9 heteroatoms. The first kappa shape index (κ1) is 19.3. The van der Waals surface area contributed by atoms with Crippen LogP contribution < -0.4 is 20.8 Å². The molecule has 1 aromatic carbocycles. The minimum atomic E-state index is -1.44. The molecule has 0 radical (unpaired) electrons. The van der Waals surface area contributed by atoms with Crippen molar-refractivity contribution < 1.29 is 23.4 Å². The number of halogens is 2. The fraction of sp³-hybridized carbons (Fsp3) is 0.524. The molecular formula is C21H23F2N3O4. The monoisotopic (exact) mass is 419 g/mol. The first-order valence-corrected chi connectivity index (χ1v) is 10.1. The molecule has 2 aliphatic carbocycles. The highest BCUT2D eigenvalue weighted by molar-refractivity contribution is 5.97. The van der Waals surface area contributed by atoms with Gasteiger partial charge >= 0.3 is 5.97 Å². The number of ether oxygens (including phenoxy) is 1. The third kappa shape index (κ3) is 2.86. The zero-order chi connectivity index (χ0) is 21.3. The van der Waals surface area contributed by atoms with Gasteiger partial charge in [0.25, 0.3) is 0 Å². The summed E-state index contributed by atoms with van der Waals surface area (Å²) in [5.41, 5.74) is 5.38. The minimum absolute atomic E-state index is 0.0902. The number of aromatic carboxylic acids is 1. The highest BCUT2D eigenvalue weighted by Gasteiger charge is 2.44. The Balaban J connectivity index is 1.73. The van der Waals surface area contributed by atoms with Crippen LogP contribution in [0.5, 0.6) is 5.75 Å². The third-order valence-corrected chi connectivity index (χ3v) is 6.63. The first-order chi connectivity index (χ1) is 14.3. The third-order valence-electron chi connectivity index (χ3n) is 6.63. The van der Waals surface area contributed by atoms with Crippen LogP contribution >= 0.6 is 0 Å². The molecule has 3 aliphatic rings. The van der Waals surface area contributed by atoms with Gasteiger partial charge < -0.3 is 25.0 Å². The number of hydrogen-bond donors (Lipinski definition) is 2. The van der Waals surface area contributed by atoms with Gasteiger partial charge in [-0.15, -0.1) is 0 Å². The molecule has 0 bridgehead atoms.